The predicted octanol–water partition coefficient (Wildman–Crippen LogP) is 3.35. The van der Waals surface area contributed by atoms with Gasteiger partial charge in [0.25, 0.3) is 0 Å². The zero-order valence-corrected chi connectivity index (χ0v) is 9.85. The van der Waals surface area contributed by atoms with Crippen LogP contribution in [-0.4, -0.2) is 0 Å². The molecule has 74 valence electrons. The summed E-state index contributed by atoms with van der Waals surface area (Å²) >= 11 is 4.94. The topological polar surface area (TPSA) is 39.2 Å². The monoisotopic (exact) mass is 271 g/mol. The number of thiophene rings is 1. The van der Waals surface area contributed by atoms with Crippen LogP contribution in [0.1, 0.15) is 17.4 Å². The first-order valence-corrected chi connectivity index (χ1v) is 6.01. The largest absolute Gasteiger partial charge is 0.453 e. The maximum absolute atomic E-state index is 5.99. The second-order valence-corrected chi connectivity index (χ2v) is 4.65. The third-order valence-corrected chi connectivity index (χ3v) is 3.15. The van der Waals surface area contributed by atoms with Crippen molar-refractivity contribution in [2.75, 3.05) is 0 Å². The molecule has 1 unspecified atom stereocenters. The highest BCUT2D eigenvalue weighted by Crippen LogP contribution is 2.22. The summed E-state index contributed by atoms with van der Waals surface area (Å²) in [6, 6.07) is 5.79. The van der Waals surface area contributed by atoms with Crippen LogP contribution < -0.4 is 5.73 Å². The first-order valence-electron chi connectivity index (χ1n) is 4.27. The Bertz CT molecular complexity index is 396. The van der Waals surface area contributed by atoms with Crippen LogP contribution in [0.4, 0.5) is 0 Å². The van der Waals surface area contributed by atoms with E-state index in [-0.39, 0.29) is 6.04 Å². The minimum Gasteiger partial charge on any atom is -0.453 e. The van der Waals surface area contributed by atoms with Crippen LogP contribution in [0.5, 0.6) is 0 Å². The van der Waals surface area contributed by atoms with Crippen molar-refractivity contribution < 1.29 is 4.42 Å². The highest BCUT2D eigenvalue weighted by molar-refractivity contribution is 9.10. The molecule has 0 bridgehead atoms. The number of hydrogen-bond donors (Lipinski definition) is 1. The van der Waals surface area contributed by atoms with E-state index in [1.165, 1.54) is 5.56 Å². The van der Waals surface area contributed by atoms with Crippen LogP contribution in [0.25, 0.3) is 0 Å². The van der Waals surface area contributed by atoms with E-state index < -0.39 is 0 Å². The number of nitrogens with two attached hydrogens (primary N) is 1. The normalized spacial score (nSPS) is 13.0. The Morgan fingerprint density at radius 3 is 2.86 bits per heavy atom. The molecule has 2 rings (SSSR count). The molecule has 0 radical (unpaired) electrons. The molecule has 2 aromatic rings. The summed E-state index contributed by atoms with van der Waals surface area (Å²) in [7, 11) is 0. The quantitative estimate of drug-likeness (QED) is 0.930. The fourth-order valence-corrected chi connectivity index (χ4v) is 2.29. The average molecular weight is 272 g/mol. The van der Waals surface area contributed by atoms with Gasteiger partial charge >= 0.3 is 0 Å². The summed E-state index contributed by atoms with van der Waals surface area (Å²) in [4.78, 5) is 0. The SMILES string of the molecule is NC(Cc1ccsc1)c1ccc(Br)o1. The van der Waals surface area contributed by atoms with E-state index in [0.29, 0.717) is 0 Å². The van der Waals surface area contributed by atoms with Crippen LogP contribution in [0.15, 0.2) is 38.0 Å². The van der Waals surface area contributed by atoms with Crippen molar-refractivity contribution in [1.82, 2.24) is 0 Å². The number of hydrogen-bond acceptors (Lipinski definition) is 3. The molecule has 14 heavy (non-hydrogen) atoms. The van der Waals surface area contributed by atoms with E-state index >= 15 is 0 Å². The summed E-state index contributed by atoms with van der Waals surface area (Å²) in [5.74, 6) is 0.822. The molecule has 2 N–H and O–H groups in total. The molecule has 4 heteroatoms. The van der Waals surface area contributed by atoms with E-state index in [1.54, 1.807) is 11.3 Å². The molecule has 0 saturated heterocycles. The maximum Gasteiger partial charge on any atom is 0.169 e. The lowest BCUT2D eigenvalue weighted by Gasteiger charge is -2.06. The van der Waals surface area contributed by atoms with Gasteiger partial charge in [-0.1, -0.05) is 0 Å². The molecule has 0 saturated carbocycles. The lowest BCUT2D eigenvalue weighted by molar-refractivity contribution is 0.448. The summed E-state index contributed by atoms with van der Waals surface area (Å²) in [5.41, 5.74) is 7.25. The van der Waals surface area contributed by atoms with Gasteiger partial charge in [0.15, 0.2) is 4.67 Å². The Kier molecular flexibility index (Phi) is 3.05. The summed E-state index contributed by atoms with van der Waals surface area (Å²) < 4.78 is 6.12. The molecule has 1 atom stereocenters. The first kappa shape index (κ1) is 9.96. The van der Waals surface area contributed by atoms with Gasteiger partial charge in [0.05, 0.1) is 6.04 Å². The van der Waals surface area contributed by atoms with Gasteiger partial charge in [0, 0.05) is 0 Å². The van der Waals surface area contributed by atoms with Gasteiger partial charge in [0.1, 0.15) is 5.76 Å². The maximum atomic E-state index is 5.99. The molecule has 0 fully saturated rings. The van der Waals surface area contributed by atoms with Gasteiger partial charge in [-0.3, -0.25) is 0 Å². The fourth-order valence-electron chi connectivity index (χ4n) is 1.29. The van der Waals surface area contributed by atoms with Gasteiger partial charge in [0.2, 0.25) is 0 Å². The molecular weight excluding hydrogens is 262 g/mol. The minimum atomic E-state index is -0.0594. The Balaban J connectivity index is 2.06. The molecule has 0 aliphatic rings. The Morgan fingerprint density at radius 1 is 1.43 bits per heavy atom. The third-order valence-electron chi connectivity index (χ3n) is 2.00. The fraction of sp³-hybridized carbons (Fsp3) is 0.200. The lowest BCUT2D eigenvalue weighted by atomic mass is 10.1. The minimum absolute atomic E-state index is 0.0594. The van der Waals surface area contributed by atoms with E-state index in [4.69, 9.17) is 10.2 Å². The second kappa shape index (κ2) is 4.29. The van der Waals surface area contributed by atoms with Gasteiger partial charge < -0.3 is 10.2 Å². The zero-order valence-electron chi connectivity index (χ0n) is 7.44. The molecular formula is C10H10BrNOS. The highest BCUT2D eigenvalue weighted by Gasteiger charge is 2.11. The summed E-state index contributed by atoms with van der Waals surface area (Å²) in [5, 5.41) is 4.16. The van der Waals surface area contributed by atoms with Gasteiger partial charge in [-0.2, -0.15) is 11.3 Å². The smallest absolute Gasteiger partial charge is 0.169 e. The van der Waals surface area contributed by atoms with Crippen LogP contribution in [0.2, 0.25) is 0 Å². The molecule has 2 nitrogen and oxygen atoms in total. The van der Waals surface area contributed by atoms with Crippen molar-refractivity contribution in [2.24, 2.45) is 5.73 Å². The number of furan rings is 1. The second-order valence-electron chi connectivity index (χ2n) is 3.08. The van der Waals surface area contributed by atoms with E-state index in [9.17, 15) is 0 Å². The molecule has 0 aliphatic heterocycles. The van der Waals surface area contributed by atoms with Crippen molar-refractivity contribution in [1.29, 1.82) is 0 Å². The van der Waals surface area contributed by atoms with Crippen molar-refractivity contribution >= 4 is 27.3 Å². The molecule has 2 aromatic heterocycles. The van der Waals surface area contributed by atoms with Crippen LogP contribution >= 0.6 is 27.3 Å². The van der Waals surface area contributed by atoms with Crippen molar-refractivity contribution in [2.45, 2.75) is 12.5 Å². The van der Waals surface area contributed by atoms with E-state index in [0.717, 1.165) is 16.9 Å². The Labute approximate surface area is 94.9 Å². The van der Waals surface area contributed by atoms with Crippen LogP contribution in [-0.2, 0) is 6.42 Å². The predicted molar refractivity (Wildman–Crippen MR) is 61.4 cm³/mol. The van der Waals surface area contributed by atoms with E-state index in [1.807, 2.05) is 12.1 Å². The zero-order chi connectivity index (χ0) is 9.97. The third kappa shape index (κ3) is 2.26. The van der Waals surface area contributed by atoms with E-state index in [2.05, 4.69) is 32.8 Å². The van der Waals surface area contributed by atoms with Crippen LogP contribution in [0.3, 0.4) is 0 Å². The Morgan fingerprint density at radius 2 is 2.29 bits per heavy atom. The first-order chi connectivity index (χ1) is 6.75. The Hall–Kier alpha value is -0.580. The van der Waals surface area contributed by atoms with Crippen LogP contribution in [0, 0.1) is 0 Å². The summed E-state index contributed by atoms with van der Waals surface area (Å²) in [6.45, 7) is 0. The standard InChI is InChI=1S/C10H10BrNOS/c11-10-2-1-9(13-10)8(12)5-7-3-4-14-6-7/h1-4,6,8H,5,12H2. The van der Waals surface area contributed by atoms with Crippen molar-refractivity contribution in [3.8, 4) is 0 Å². The van der Waals surface area contributed by atoms with Crippen molar-refractivity contribution in [3.05, 3.63) is 45.0 Å². The highest BCUT2D eigenvalue weighted by atomic mass is 79.9. The molecule has 0 amide bonds. The van der Waals surface area contributed by atoms with Gasteiger partial charge in [-0.15, -0.1) is 0 Å². The molecule has 2 heterocycles. The van der Waals surface area contributed by atoms with Gasteiger partial charge in [-0.05, 0) is 56.9 Å². The summed E-state index contributed by atoms with van der Waals surface area (Å²) in [6.07, 6.45) is 0.823. The van der Waals surface area contributed by atoms with Crippen molar-refractivity contribution in [3.63, 3.8) is 0 Å². The van der Waals surface area contributed by atoms with Gasteiger partial charge in [-0.25, -0.2) is 0 Å². The number of rotatable bonds is 3. The average Bonchev–Trinajstić information content (AvgIpc) is 2.75. The number of halogens is 1. The lowest BCUT2D eigenvalue weighted by Crippen LogP contribution is -2.11. The molecule has 0 spiro atoms. The molecule has 0 aliphatic carbocycles. The molecule has 0 aromatic carbocycles.